The first-order chi connectivity index (χ1) is 5.14. The lowest BCUT2D eigenvalue weighted by Crippen LogP contribution is -2.19. The number of hydrogen-bond donors (Lipinski definition) is 0. The third kappa shape index (κ3) is 1.53. The standard InChI is InChI=1S/C8H14O3/c1-4-8(3)6(11-8)7(9)10-5-2/h6H,4-5H2,1-3H3/t6-,8+/m0/s1. The molecule has 3 heteroatoms. The number of rotatable bonds is 3. The summed E-state index contributed by atoms with van der Waals surface area (Å²) in [5, 5.41) is 0. The summed E-state index contributed by atoms with van der Waals surface area (Å²) in [5.74, 6) is -0.225. The van der Waals surface area contributed by atoms with E-state index >= 15 is 0 Å². The molecule has 0 unspecified atom stereocenters. The molecule has 64 valence electrons. The van der Waals surface area contributed by atoms with Crippen molar-refractivity contribution in [3.8, 4) is 0 Å². The molecule has 1 rings (SSSR count). The van der Waals surface area contributed by atoms with Crippen LogP contribution in [0.5, 0.6) is 0 Å². The van der Waals surface area contributed by atoms with Crippen LogP contribution >= 0.6 is 0 Å². The van der Waals surface area contributed by atoms with Crippen LogP contribution in [-0.2, 0) is 14.3 Å². The predicted molar refractivity (Wildman–Crippen MR) is 40.2 cm³/mol. The zero-order valence-electron chi connectivity index (χ0n) is 7.22. The Bertz CT molecular complexity index is 167. The van der Waals surface area contributed by atoms with Gasteiger partial charge in [0.25, 0.3) is 0 Å². The van der Waals surface area contributed by atoms with E-state index in [1.807, 2.05) is 13.8 Å². The van der Waals surface area contributed by atoms with Crippen LogP contribution in [0, 0.1) is 0 Å². The highest BCUT2D eigenvalue weighted by molar-refractivity contribution is 5.79. The SMILES string of the molecule is CCOC(=O)[C@@H]1O[C@]1(C)CC. The minimum atomic E-state index is -0.313. The predicted octanol–water partition coefficient (Wildman–Crippen LogP) is 1.12. The number of esters is 1. The highest BCUT2D eigenvalue weighted by Gasteiger charge is 2.56. The Morgan fingerprint density at radius 1 is 1.64 bits per heavy atom. The van der Waals surface area contributed by atoms with Gasteiger partial charge in [-0.15, -0.1) is 0 Å². The van der Waals surface area contributed by atoms with Gasteiger partial charge in [-0.25, -0.2) is 4.79 Å². The van der Waals surface area contributed by atoms with Crippen LogP contribution in [0.4, 0.5) is 0 Å². The zero-order valence-corrected chi connectivity index (χ0v) is 7.22. The van der Waals surface area contributed by atoms with Crippen LogP contribution in [0.1, 0.15) is 27.2 Å². The van der Waals surface area contributed by atoms with Crippen LogP contribution < -0.4 is 0 Å². The number of ether oxygens (including phenoxy) is 2. The fraction of sp³-hybridized carbons (Fsp3) is 0.875. The van der Waals surface area contributed by atoms with Crippen molar-refractivity contribution in [2.45, 2.75) is 38.9 Å². The molecule has 0 saturated carbocycles. The van der Waals surface area contributed by atoms with E-state index in [0.717, 1.165) is 6.42 Å². The molecule has 0 aromatic heterocycles. The van der Waals surface area contributed by atoms with E-state index in [1.165, 1.54) is 0 Å². The number of carbonyl (C=O) groups excluding carboxylic acids is 1. The Labute approximate surface area is 66.7 Å². The van der Waals surface area contributed by atoms with Gasteiger partial charge in [0.15, 0.2) is 6.10 Å². The monoisotopic (exact) mass is 158 g/mol. The minimum absolute atomic E-state index is 0.225. The molecule has 0 spiro atoms. The Morgan fingerprint density at radius 2 is 2.27 bits per heavy atom. The molecule has 3 nitrogen and oxygen atoms in total. The van der Waals surface area contributed by atoms with Gasteiger partial charge in [0.2, 0.25) is 0 Å². The van der Waals surface area contributed by atoms with Crippen molar-refractivity contribution >= 4 is 5.97 Å². The van der Waals surface area contributed by atoms with Gasteiger partial charge < -0.3 is 9.47 Å². The van der Waals surface area contributed by atoms with Gasteiger partial charge in [-0.1, -0.05) is 6.92 Å². The van der Waals surface area contributed by atoms with Crippen molar-refractivity contribution in [1.82, 2.24) is 0 Å². The quantitative estimate of drug-likeness (QED) is 0.456. The molecule has 0 bridgehead atoms. The maximum atomic E-state index is 11.0. The minimum Gasteiger partial charge on any atom is -0.464 e. The number of hydrogen-bond acceptors (Lipinski definition) is 3. The summed E-state index contributed by atoms with van der Waals surface area (Å²) >= 11 is 0. The molecule has 0 aliphatic carbocycles. The third-order valence-electron chi connectivity index (χ3n) is 2.09. The largest absolute Gasteiger partial charge is 0.464 e. The average molecular weight is 158 g/mol. The summed E-state index contributed by atoms with van der Waals surface area (Å²) in [4.78, 5) is 11.0. The molecule has 1 fully saturated rings. The smallest absolute Gasteiger partial charge is 0.338 e. The lowest BCUT2D eigenvalue weighted by atomic mass is 10.1. The van der Waals surface area contributed by atoms with Gasteiger partial charge in [-0.2, -0.15) is 0 Å². The molecule has 1 aliphatic rings. The topological polar surface area (TPSA) is 38.8 Å². The molecule has 2 atom stereocenters. The van der Waals surface area contributed by atoms with E-state index in [9.17, 15) is 4.79 Å². The van der Waals surface area contributed by atoms with Crippen LogP contribution in [0.2, 0.25) is 0 Å². The van der Waals surface area contributed by atoms with Gasteiger partial charge in [-0.05, 0) is 20.3 Å². The highest BCUT2D eigenvalue weighted by atomic mass is 16.7. The fourth-order valence-corrected chi connectivity index (χ4v) is 1.02. The van der Waals surface area contributed by atoms with Crippen molar-refractivity contribution < 1.29 is 14.3 Å². The molecular formula is C8H14O3. The zero-order chi connectivity index (χ0) is 8.48. The molecule has 1 heterocycles. The molecule has 0 N–H and O–H groups in total. The highest BCUT2D eigenvalue weighted by Crippen LogP contribution is 2.39. The van der Waals surface area contributed by atoms with Gasteiger partial charge in [0, 0.05) is 0 Å². The van der Waals surface area contributed by atoms with Crippen LogP contribution in [-0.4, -0.2) is 24.3 Å². The first-order valence-corrected chi connectivity index (χ1v) is 3.98. The Balaban J connectivity index is 2.36. The molecule has 1 aliphatic heterocycles. The van der Waals surface area contributed by atoms with Gasteiger partial charge >= 0.3 is 5.97 Å². The maximum absolute atomic E-state index is 11.0. The summed E-state index contributed by atoms with van der Waals surface area (Å²) in [5.41, 5.74) is -0.244. The molecular weight excluding hydrogens is 144 g/mol. The lowest BCUT2D eigenvalue weighted by molar-refractivity contribution is -0.144. The first-order valence-electron chi connectivity index (χ1n) is 3.98. The van der Waals surface area contributed by atoms with Gasteiger partial charge in [-0.3, -0.25) is 0 Å². The van der Waals surface area contributed by atoms with E-state index in [4.69, 9.17) is 9.47 Å². The van der Waals surface area contributed by atoms with E-state index in [-0.39, 0.29) is 17.7 Å². The first kappa shape index (κ1) is 8.53. The molecule has 1 saturated heterocycles. The normalized spacial score (nSPS) is 35.0. The van der Waals surface area contributed by atoms with E-state index < -0.39 is 0 Å². The lowest BCUT2D eigenvalue weighted by Gasteiger charge is -2.00. The molecule has 0 aromatic carbocycles. The maximum Gasteiger partial charge on any atom is 0.338 e. The van der Waals surface area contributed by atoms with E-state index in [2.05, 4.69) is 0 Å². The summed E-state index contributed by atoms with van der Waals surface area (Å²) < 4.78 is 9.99. The van der Waals surface area contributed by atoms with Crippen molar-refractivity contribution in [2.75, 3.05) is 6.61 Å². The number of carbonyl (C=O) groups is 1. The van der Waals surface area contributed by atoms with Gasteiger partial charge in [0.1, 0.15) is 5.60 Å². The molecule has 0 amide bonds. The second-order valence-electron chi connectivity index (χ2n) is 2.92. The second-order valence-corrected chi connectivity index (χ2v) is 2.92. The third-order valence-corrected chi connectivity index (χ3v) is 2.09. The van der Waals surface area contributed by atoms with Crippen molar-refractivity contribution in [2.24, 2.45) is 0 Å². The average Bonchev–Trinajstić information content (AvgIpc) is 2.65. The van der Waals surface area contributed by atoms with Crippen LogP contribution in [0.15, 0.2) is 0 Å². The summed E-state index contributed by atoms with van der Waals surface area (Å²) in [6.07, 6.45) is 0.545. The summed E-state index contributed by atoms with van der Waals surface area (Å²) in [6, 6.07) is 0. The van der Waals surface area contributed by atoms with Crippen LogP contribution in [0.25, 0.3) is 0 Å². The van der Waals surface area contributed by atoms with Gasteiger partial charge in [0.05, 0.1) is 6.61 Å². The fourth-order valence-electron chi connectivity index (χ4n) is 1.02. The Hall–Kier alpha value is -0.570. The molecule has 0 radical (unpaired) electrons. The Kier molecular flexibility index (Phi) is 2.18. The second kappa shape index (κ2) is 2.81. The molecule has 0 aromatic rings. The number of epoxide rings is 1. The Morgan fingerprint density at radius 3 is 2.64 bits per heavy atom. The summed E-state index contributed by atoms with van der Waals surface area (Å²) in [7, 11) is 0. The summed E-state index contributed by atoms with van der Waals surface area (Å²) in [6.45, 7) is 6.15. The van der Waals surface area contributed by atoms with Crippen molar-refractivity contribution in [3.63, 3.8) is 0 Å². The van der Waals surface area contributed by atoms with Crippen molar-refractivity contribution in [1.29, 1.82) is 0 Å². The van der Waals surface area contributed by atoms with Crippen LogP contribution in [0.3, 0.4) is 0 Å². The van der Waals surface area contributed by atoms with Crippen molar-refractivity contribution in [3.05, 3.63) is 0 Å². The van der Waals surface area contributed by atoms with E-state index in [0.29, 0.717) is 6.61 Å². The molecule has 11 heavy (non-hydrogen) atoms. The van der Waals surface area contributed by atoms with E-state index in [1.54, 1.807) is 6.92 Å².